The average molecular weight is 975 g/mol. The first-order valence-corrected chi connectivity index (χ1v) is 26.8. The molecule has 77 heavy (non-hydrogen) atoms. The molecule has 0 spiro atoms. The molecule has 1 aliphatic carbocycles. The fourth-order valence-electron chi connectivity index (χ4n) is 13.3. The van der Waals surface area contributed by atoms with Crippen molar-refractivity contribution >= 4 is 43.1 Å². The molecule has 15 rings (SSSR count). The average Bonchev–Trinajstić information content (AvgIpc) is 4.03. The summed E-state index contributed by atoms with van der Waals surface area (Å²) in [7, 11) is 0. The molecule has 14 aromatic carbocycles. The minimum atomic E-state index is -0.537. The summed E-state index contributed by atoms with van der Waals surface area (Å²) in [5.41, 5.74) is 21.9. The second-order valence-electron chi connectivity index (χ2n) is 20.6. The summed E-state index contributed by atoms with van der Waals surface area (Å²) >= 11 is 0. The Morgan fingerprint density at radius 1 is 0.169 bits per heavy atom. The molecule has 0 radical (unpaired) electrons. The van der Waals surface area contributed by atoms with Gasteiger partial charge >= 0.3 is 0 Å². The van der Waals surface area contributed by atoms with E-state index in [0.717, 1.165) is 0 Å². The standard InChI is InChI=1S/C77H50/c1-3-21-53(22-4-1)73-63-31-7-11-35-67(63)75(68-36-12-8-32-64(68)73)57-27-19-25-55(49-57)51-41-45-59(46-42-51)77(71-39-17-15-29-61(71)62-30-16-18-40-72(62)77)60-47-43-52(44-48-60)56-26-20-28-58(50-56)76-69-37-13-9-33-65(69)74(54-23-5-2-6-24-54)66-34-10-14-38-70(66)76/h1-50H. The molecule has 358 valence electrons. The van der Waals surface area contributed by atoms with E-state index in [1.807, 2.05) is 0 Å². The molecule has 0 heterocycles. The number of benzene rings is 14. The van der Waals surface area contributed by atoms with Crippen LogP contribution < -0.4 is 0 Å². The zero-order valence-electron chi connectivity index (χ0n) is 42.4. The summed E-state index contributed by atoms with van der Waals surface area (Å²) in [5, 5.41) is 10.1. The van der Waals surface area contributed by atoms with E-state index in [1.54, 1.807) is 0 Å². The van der Waals surface area contributed by atoms with Gasteiger partial charge in [0.15, 0.2) is 0 Å². The lowest BCUT2D eigenvalue weighted by atomic mass is 9.67. The molecule has 0 saturated carbocycles. The first kappa shape index (κ1) is 44.6. The van der Waals surface area contributed by atoms with Crippen molar-refractivity contribution in [2.24, 2.45) is 0 Å². The Kier molecular flexibility index (Phi) is 10.5. The lowest BCUT2D eigenvalue weighted by molar-refractivity contribution is 0.769. The van der Waals surface area contributed by atoms with Crippen molar-refractivity contribution in [3.05, 3.63) is 326 Å². The van der Waals surface area contributed by atoms with Gasteiger partial charge in [0.1, 0.15) is 0 Å². The van der Waals surface area contributed by atoms with Gasteiger partial charge in [-0.15, -0.1) is 0 Å². The molecular formula is C77H50. The van der Waals surface area contributed by atoms with Crippen LogP contribution >= 0.6 is 0 Å². The molecule has 0 saturated heterocycles. The van der Waals surface area contributed by atoms with E-state index in [2.05, 4.69) is 303 Å². The van der Waals surface area contributed by atoms with Crippen molar-refractivity contribution in [2.75, 3.05) is 0 Å². The van der Waals surface area contributed by atoms with Crippen LogP contribution in [0.2, 0.25) is 0 Å². The van der Waals surface area contributed by atoms with Gasteiger partial charge in [0.25, 0.3) is 0 Å². The third-order valence-electron chi connectivity index (χ3n) is 16.5. The molecule has 0 aliphatic heterocycles. The quantitative estimate of drug-likeness (QED) is 0.133. The molecule has 0 nitrogen and oxygen atoms in total. The summed E-state index contributed by atoms with van der Waals surface area (Å²) in [6.45, 7) is 0. The van der Waals surface area contributed by atoms with Crippen molar-refractivity contribution in [1.82, 2.24) is 0 Å². The molecule has 0 N–H and O–H groups in total. The van der Waals surface area contributed by atoms with E-state index in [4.69, 9.17) is 0 Å². The summed E-state index contributed by atoms with van der Waals surface area (Å²) in [6.07, 6.45) is 0. The Hall–Kier alpha value is -9.88. The van der Waals surface area contributed by atoms with E-state index in [9.17, 15) is 0 Å². The molecule has 0 atom stereocenters. The van der Waals surface area contributed by atoms with Gasteiger partial charge in [-0.2, -0.15) is 0 Å². The van der Waals surface area contributed by atoms with Gasteiger partial charge in [-0.3, -0.25) is 0 Å². The van der Waals surface area contributed by atoms with Gasteiger partial charge in [0, 0.05) is 0 Å². The smallest absolute Gasteiger partial charge is 0.0622 e. The van der Waals surface area contributed by atoms with Gasteiger partial charge in [-0.25, -0.2) is 0 Å². The second-order valence-corrected chi connectivity index (χ2v) is 20.6. The van der Waals surface area contributed by atoms with Crippen molar-refractivity contribution in [2.45, 2.75) is 5.41 Å². The Balaban J connectivity index is 0.837. The third kappa shape index (κ3) is 7.07. The maximum atomic E-state index is 2.39. The van der Waals surface area contributed by atoms with Crippen LogP contribution in [0.25, 0.3) is 121 Å². The Morgan fingerprint density at radius 3 is 0.766 bits per heavy atom. The first-order valence-electron chi connectivity index (χ1n) is 26.8. The maximum absolute atomic E-state index is 2.39. The third-order valence-corrected chi connectivity index (χ3v) is 16.5. The van der Waals surface area contributed by atoms with Crippen LogP contribution in [0.5, 0.6) is 0 Å². The highest BCUT2D eigenvalue weighted by molar-refractivity contribution is 6.23. The number of rotatable bonds is 8. The van der Waals surface area contributed by atoms with Crippen LogP contribution in [0.15, 0.2) is 303 Å². The van der Waals surface area contributed by atoms with Gasteiger partial charge in [-0.05, 0) is 155 Å². The monoisotopic (exact) mass is 974 g/mol. The van der Waals surface area contributed by atoms with Crippen LogP contribution in [0.4, 0.5) is 0 Å². The lowest BCUT2D eigenvalue weighted by Crippen LogP contribution is -2.28. The van der Waals surface area contributed by atoms with Gasteiger partial charge in [0.2, 0.25) is 0 Å². The fraction of sp³-hybridized carbons (Fsp3) is 0.0130. The van der Waals surface area contributed by atoms with Gasteiger partial charge in [0.05, 0.1) is 5.41 Å². The first-order chi connectivity index (χ1) is 38.2. The molecule has 0 unspecified atom stereocenters. The molecule has 0 bridgehead atoms. The molecule has 0 heteroatoms. The summed E-state index contributed by atoms with van der Waals surface area (Å²) in [5.74, 6) is 0. The maximum Gasteiger partial charge on any atom is 0.0713 e. The minimum Gasteiger partial charge on any atom is -0.0622 e. The predicted molar refractivity (Wildman–Crippen MR) is 326 cm³/mol. The lowest BCUT2D eigenvalue weighted by Gasteiger charge is -2.34. The Morgan fingerprint density at radius 2 is 0.429 bits per heavy atom. The van der Waals surface area contributed by atoms with Crippen LogP contribution in [0, 0.1) is 0 Å². The topological polar surface area (TPSA) is 0 Å². The van der Waals surface area contributed by atoms with Crippen molar-refractivity contribution in [1.29, 1.82) is 0 Å². The summed E-state index contributed by atoms with van der Waals surface area (Å²) < 4.78 is 0. The van der Waals surface area contributed by atoms with Crippen LogP contribution in [-0.4, -0.2) is 0 Å². The molecule has 0 amide bonds. The normalized spacial score (nSPS) is 12.5. The fourth-order valence-corrected chi connectivity index (χ4v) is 13.3. The van der Waals surface area contributed by atoms with Gasteiger partial charge in [-0.1, -0.05) is 291 Å². The largest absolute Gasteiger partial charge is 0.0713 e. The molecule has 0 fully saturated rings. The van der Waals surface area contributed by atoms with Crippen LogP contribution in [0.3, 0.4) is 0 Å². The Labute approximate surface area is 449 Å². The SMILES string of the molecule is c1ccc(-c2c3ccccc3c(-c3cccc(-c4ccc(C5(c6ccc(-c7cccc(-c8c9ccccc9c(-c9ccccc9)c9ccccc89)c7)cc6)c6ccccc6-c6ccccc65)cc4)c3)c3ccccc23)cc1. The molecule has 1 aliphatic rings. The zero-order chi connectivity index (χ0) is 50.9. The summed E-state index contributed by atoms with van der Waals surface area (Å²) in [4.78, 5) is 0. The Bertz CT molecular complexity index is 4170. The number of hydrogen-bond donors (Lipinski definition) is 0. The van der Waals surface area contributed by atoms with Crippen molar-refractivity contribution in [3.8, 4) is 77.9 Å². The number of hydrogen-bond acceptors (Lipinski definition) is 0. The molecule has 0 aromatic heterocycles. The van der Waals surface area contributed by atoms with E-state index < -0.39 is 5.41 Å². The number of fused-ring (bicyclic) bond motifs is 7. The highest BCUT2D eigenvalue weighted by Crippen LogP contribution is 2.56. The van der Waals surface area contributed by atoms with E-state index >= 15 is 0 Å². The molecular weight excluding hydrogens is 925 g/mol. The zero-order valence-corrected chi connectivity index (χ0v) is 42.4. The minimum absolute atomic E-state index is 0.537. The van der Waals surface area contributed by atoms with E-state index in [-0.39, 0.29) is 0 Å². The summed E-state index contributed by atoms with van der Waals surface area (Å²) in [6, 6.07) is 113. The highest BCUT2D eigenvalue weighted by atomic mass is 14.5. The van der Waals surface area contributed by atoms with Crippen molar-refractivity contribution < 1.29 is 0 Å². The highest BCUT2D eigenvalue weighted by Gasteiger charge is 2.46. The van der Waals surface area contributed by atoms with Crippen molar-refractivity contribution in [3.63, 3.8) is 0 Å². The van der Waals surface area contributed by atoms with Crippen LogP contribution in [-0.2, 0) is 5.41 Å². The van der Waals surface area contributed by atoms with E-state index in [0.29, 0.717) is 0 Å². The second kappa shape index (κ2) is 18.2. The van der Waals surface area contributed by atoms with Crippen LogP contribution in [0.1, 0.15) is 22.3 Å². The van der Waals surface area contributed by atoms with E-state index in [1.165, 1.54) is 143 Å². The predicted octanol–water partition coefficient (Wildman–Crippen LogP) is 20.7. The van der Waals surface area contributed by atoms with Gasteiger partial charge < -0.3 is 0 Å². The molecule has 14 aromatic rings.